The van der Waals surface area contributed by atoms with Gasteiger partial charge in [0.25, 0.3) is 5.91 Å². The molecule has 116 valence electrons. The first-order valence-electron chi connectivity index (χ1n) is 7.26. The summed E-state index contributed by atoms with van der Waals surface area (Å²) in [5.74, 6) is 0.884. The van der Waals surface area contributed by atoms with Crippen LogP contribution in [0.15, 0.2) is 46.2 Å². The second-order valence-electron chi connectivity index (χ2n) is 4.99. The highest BCUT2D eigenvalue weighted by atomic mass is 32.1. The normalized spacial score (nSPS) is 12.3. The van der Waals surface area contributed by atoms with Gasteiger partial charge in [-0.15, -0.1) is 0 Å². The Hall–Kier alpha value is -2.14. The Morgan fingerprint density at radius 2 is 2.23 bits per heavy atom. The third kappa shape index (κ3) is 4.70. The molecule has 2 rings (SSSR count). The van der Waals surface area contributed by atoms with Gasteiger partial charge in [-0.05, 0) is 40.8 Å². The van der Waals surface area contributed by atoms with Crippen LogP contribution in [0.3, 0.4) is 0 Å². The minimum atomic E-state index is -0.273. The number of thiophene rings is 1. The van der Waals surface area contributed by atoms with Gasteiger partial charge in [-0.1, -0.05) is 32.0 Å². The summed E-state index contributed by atoms with van der Waals surface area (Å²) < 4.78 is 5.63. The average molecular weight is 316 g/mol. The van der Waals surface area contributed by atoms with Gasteiger partial charge in [0.05, 0.1) is 6.21 Å². The van der Waals surface area contributed by atoms with Crippen LogP contribution in [-0.2, 0) is 4.79 Å². The highest BCUT2D eigenvalue weighted by Gasteiger charge is 2.10. The summed E-state index contributed by atoms with van der Waals surface area (Å²) in [5.41, 5.74) is 4.55. The molecule has 0 aliphatic carbocycles. The minimum Gasteiger partial charge on any atom is -0.483 e. The first-order chi connectivity index (χ1) is 10.7. The molecule has 1 N–H and O–H groups in total. The fourth-order valence-electron chi connectivity index (χ4n) is 1.94. The summed E-state index contributed by atoms with van der Waals surface area (Å²) in [6.45, 7) is 4.23. The number of para-hydroxylation sites is 1. The molecule has 0 saturated carbocycles. The maximum absolute atomic E-state index is 11.7. The number of nitrogens with zero attached hydrogens (tertiary/aromatic N) is 1. The number of benzene rings is 1. The molecule has 1 unspecified atom stereocenters. The van der Waals surface area contributed by atoms with Crippen molar-refractivity contribution in [3.8, 4) is 5.75 Å². The molecule has 22 heavy (non-hydrogen) atoms. The molecule has 0 bridgehead atoms. The Morgan fingerprint density at radius 3 is 2.95 bits per heavy atom. The molecule has 5 heteroatoms. The molecule has 1 aromatic heterocycles. The van der Waals surface area contributed by atoms with E-state index in [-0.39, 0.29) is 12.5 Å². The van der Waals surface area contributed by atoms with Crippen molar-refractivity contribution in [3.05, 3.63) is 52.2 Å². The molecule has 0 aliphatic heterocycles. The van der Waals surface area contributed by atoms with E-state index < -0.39 is 0 Å². The number of amides is 1. The number of ether oxygens (including phenoxy) is 1. The summed E-state index contributed by atoms with van der Waals surface area (Å²) in [7, 11) is 0. The maximum atomic E-state index is 11.7. The molecular weight excluding hydrogens is 296 g/mol. The van der Waals surface area contributed by atoms with Crippen LogP contribution < -0.4 is 10.2 Å². The van der Waals surface area contributed by atoms with Crippen molar-refractivity contribution in [1.29, 1.82) is 0 Å². The van der Waals surface area contributed by atoms with Gasteiger partial charge < -0.3 is 4.74 Å². The number of hydrazone groups is 1. The van der Waals surface area contributed by atoms with Crippen LogP contribution in [0.5, 0.6) is 5.75 Å². The molecule has 0 radical (unpaired) electrons. The second kappa shape index (κ2) is 8.34. The van der Waals surface area contributed by atoms with Crippen LogP contribution in [0.4, 0.5) is 0 Å². The van der Waals surface area contributed by atoms with E-state index in [2.05, 4.69) is 24.4 Å². The lowest BCUT2D eigenvalue weighted by Crippen LogP contribution is -2.24. The molecule has 0 aliphatic rings. The van der Waals surface area contributed by atoms with Gasteiger partial charge in [0.15, 0.2) is 6.61 Å². The van der Waals surface area contributed by atoms with E-state index in [1.807, 2.05) is 41.1 Å². The molecule has 1 amide bonds. The Morgan fingerprint density at radius 1 is 1.41 bits per heavy atom. The van der Waals surface area contributed by atoms with Gasteiger partial charge in [0.2, 0.25) is 0 Å². The third-order valence-electron chi connectivity index (χ3n) is 3.37. The van der Waals surface area contributed by atoms with Crippen molar-refractivity contribution in [2.45, 2.75) is 26.2 Å². The Kier molecular flexibility index (Phi) is 6.15. The molecule has 4 nitrogen and oxygen atoms in total. The highest BCUT2D eigenvalue weighted by Crippen LogP contribution is 2.28. The summed E-state index contributed by atoms with van der Waals surface area (Å²) in [5, 5.41) is 7.81. The molecule has 1 atom stereocenters. The fraction of sp³-hybridized carbons (Fsp3) is 0.294. The number of nitrogens with one attached hydrogen (secondary N) is 1. The number of carbonyl (C=O) groups excluding carboxylic acids is 1. The van der Waals surface area contributed by atoms with Gasteiger partial charge in [0.1, 0.15) is 5.75 Å². The van der Waals surface area contributed by atoms with Gasteiger partial charge in [0, 0.05) is 5.56 Å². The summed E-state index contributed by atoms with van der Waals surface area (Å²) >= 11 is 1.58. The summed E-state index contributed by atoms with van der Waals surface area (Å²) in [6, 6.07) is 9.76. The smallest absolute Gasteiger partial charge is 0.277 e. The van der Waals surface area contributed by atoms with Gasteiger partial charge in [-0.25, -0.2) is 5.43 Å². The van der Waals surface area contributed by atoms with Gasteiger partial charge >= 0.3 is 0 Å². The van der Waals surface area contributed by atoms with Crippen molar-refractivity contribution < 1.29 is 9.53 Å². The van der Waals surface area contributed by atoms with E-state index in [1.54, 1.807) is 17.6 Å². The Bertz CT molecular complexity index is 623. The summed E-state index contributed by atoms with van der Waals surface area (Å²) in [6.07, 6.45) is 2.64. The third-order valence-corrected chi connectivity index (χ3v) is 4.07. The van der Waals surface area contributed by atoms with E-state index in [0.717, 1.165) is 23.3 Å². The van der Waals surface area contributed by atoms with Crippen molar-refractivity contribution >= 4 is 23.5 Å². The molecular formula is C17H20N2O2S. The quantitative estimate of drug-likeness (QED) is 0.624. The monoisotopic (exact) mass is 316 g/mol. The van der Waals surface area contributed by atoms with Crippen LogP contribution in [-0.4, -0.2) is 18.7 Å². The van der Waals surface area contributed by atoms with Crippen molar-refractivity contribution in [3.63, 3.8) is 0 Å². The van der Waals surface area contributed by atoms with Gasteiger partial charge in [-0.3, -0.25) is 4.79 Å². The van der Waals surface area contributed by atoms with Crippen LogP contribution >= 0.6 is 11.3 Å². The van der Waals surface area contributed by atoms with E-state index in [9.17, 15) is 4.79 Å². The van der Waals surface area contributed by atoms with E-state index in [1.165, 1.54) is 0 Å². The molecule has 1 heterocycles. The number of rotatable bonds is 7. The first-order valence-corrected chi connectivity index (χ1v) is 8.20. The second-order valence-corrected chi connectivity index (χ2v) is 5.77. The molecule has 2 aromatic rings. The largest absolute Gasteiger partial charge is 0.483 e. The van der Waals surface area contributed by atoms with Crippen LogP contribution in [0, 0.1) is 0 Å². The summed E-state index contributed by atoms with van der Waals surface area (Å²) in [4.78, 5) is 11.7. The lowest BCUT2D eigenvalue weighted by atomic mass is 9.98. The average Bonchev–Trinajstić information content (AvgIpc) is 3.06. The predicted octanol–water partition coefficient (Wildman–Crippen LogP) is 3.79. The van der Waals surface area contributed by atoms with Gasteiger partial charge in [-0.2, -0.15) is 16.4 Å². The Labute approximate surface area is 134 Å². The lowest BCUT2D eigenvalue weighted by molar-refractivity contribution is -0.123. The highest BCUT2D eigenvalue weighted by molar-refractivity contribution is 7.08. The van der Waals surface area contributed by atoms with Crippen molar-refractivity contribution in [2.75, 3.05) is 6.61 Å². The van der Waals surface area contributed by atoms with Crippen molar-refractivity contribution in [2.24, 2.45) is 5.10 Å². The predicted molar refractivity (Wildman–Crippen MR) is 90.7 cm³/mol. The van der Waals surface area contributed by atoms with E-state index in [0.29, 0.717) is 5.92 Å². The van der Waals surface area contributed by atoms with Crippen LogP contribution in [0.2, 0.25) is 0 Å². The lowest BCUT2D eigenvalue weighted by Gasteiger charge is -2.15. The molecule has 1 aromatic carbocycles. The Balaban J connectivity index is 1.86. The zero-order chi connectivity index (χ0) is 15.8. The number of hydrogen-bond donors (Lipinski definition) is 1. The fourth-order valence-corrected chi connectivity index (χ4v) is 2.55. The van der Waals surface area contributed by atoms with Crippen LogP contribution in [0.25, 0.3) is 0 Å². The SMILES string of the molecule is CCC(C)c1ccccc1OCC(=O)NN=Cc1ccsc1. The van der Waals surface area contributed by atoms with Crippen LogP contribution in [0.1, 0.15) is 37.3 Å². The first kappa shape index (κ1) is 16.2. The van der Waals surface area contributed by atoms with Crippen molar-refractivity contribution in [1.82, 2.24) is 5.43 Å². The maximum Gasteiger partial charge on any atom is 0.277 e. The van der Waals surface area contributed by atoms with E-state index in [4.69, 9.17) is 4.74 Å². The zero-order valence-corrected chi connectivity index (χ0v) is 13.6. The standard InChI is InChI=1S/C17H20N2O2S/c1-3-13(2)15-6-4-5-7-16(15)21-11-17(20)19-18-10-14-8-9-22-12-14/h4-10,12-13H,3,11H2,1-2H3,(H,19,20). The molecule has 0 saturated heterocycles. The minimum absolute atomic E-state index is 0.0472. The van der Waals surface area contributed by atoms with E-state index >= 15 is 0 Å². The number of carbonyl (C=O) groups is 1. The zero-order valence-electron chi connectivity index (χ0n) is 12.8. The molecule has 0 spiro atoms. The topological polar surface area (TPSA) is 50.7 Å². The molecule has 0 fully saturated rings. The number of hydrogen-bond acceptors (Lipinski definition) is 4.